The predicted octanol–water partition coefficient (Wildman–Crippen LogP) is 3.51. The Morgan fingerprint density at radius 3 is 2.50 bits per heavy atom. The van der Waals surface area contributed by atoms with E-state index in [0.29, 0.717) is 17.1 Å². The number of aliphatic hydroxyl groups excluding tert-OH is 1. The second-order valence-electron chi connectivity index (χ2n) is 5.97. The molecule has 0 saturated heterocycles. The maximum atomic E-state index is 12.4. The molecule has 2 rings (SSSR count). The van der Waals surface area contributed by atoms with Crippen LogP contribution >= 0.6 is 0 Å². The average Bonchev–Trinajstić information content (AvgIpc) is 2.57. The van der Waals surface area contributed by atoms with Crippen LogP contribution in [-0.4, -0.2) is 41.1 Å². The number of hydrogen-bond acceptors (Lipinski definition) is 6. The standard InChI is InChI=1S/C17H21F3N4O2/c1-10(2)14(9-25)23-16-22-13(8-15(21-3)24-16)11-5-4-6-12(7-11)26-17(18,19)20/h4-8,10,14,25H,9H2,1-3H3,(H2,21,22,23,24)/t14-/m1/s1. The first kappa shape index (κ1) is 19.8. The smallest absolute Gasteiger partial charge is 0.406 e. The minimum atomic E-state index is -4.77. The molecular weight excluding hydrogens is 349 g/mol. The number of aliphatic hydroxyl groups is 1. The number of alkyl halides is 3. The van der Waals surface area contributed by atoms with Crippen molar-refractivity contribution < 1.29 is 23.0 Å². The number of aromatic nitrogens is 2. The van der Waals surface area contributed by atoms with Gasteiger partial charge >= 0.3 is 6.36 Å². The molecule has 0 amide bonds. The fourth-order valence-electron chi connectivity index (χ4n) is 2.23. The molecule has 9 heteroatoms. The molecule has 0 unspecified atom stereocenters. The Morgan fingerprint density at radius 2 is 1.92 bits per heavy atom. The third-order valence-electron chi connectivity index (χ3n) is 3.66. The van der Waals surface area contributed by atoms with E-state index in [1.54, 1.807) is 19.2 Å². The zero-order chi connectivity index (χ0) is 19.3. The normalized spacial score (nSPS) is 12.8. The van der Waals surface area contributed by atoms with Gasteiger partial charge in [0.25, 0.3) is 0 Å². The molecule has 3 N–H and O–H groups in total. The second-order valence-corrected chi connectivity index (χ2v) is 5.97. The predicted molar refractivity (Wildman–Crippen MR) is 93.0 cm³/mol. The van der Waals surface area contributed by atoms with Crippen LogP contribution in [0, 0.1) is 5.92 Å². The van der Waals surface area contributed by atoms with E-state index in [0.717, 1.165) is 0 Å². The van der Waals surface area contributed by atoms with Crippen molar-refractivity contribution in [3.63, 3.8) is 0 Å². The highest BCUT2D eigenvalue weighted by atomic mass is 19.4. The molecule has 0 bridgehead atoms. The topological polar surface area (TPSA) is 79.3 Å². The van der Waals surface area contributed by atoms with Crippen LogP contribution in [0.1, 0.15) is 13.8 Å². The molecule has 0 aliphatic heterocycles. The lowest BCUT2D eigenvalue weighted by Gasteiger charge is -2.20. The molecule has 1 heterocycles. The Morgan fingerprint density at radius 1 is 1.19 bits per heavy atom. The van der Waals surface area contributed by atoms with Gasteiger partial charge in [-0.15, -0.1) is 13.2 Å². The molecule has 1 aromatic heterocycles. The quantitative estimate of drug-likeness (QED) is 0.692. The van der Waals surface area contributed by atoms with E-state index in [9.17, 15) is 18.3 Å². The molecule has 0 aliphatic rings. The molecule has 142 valence electrons. The van der Waals surface area contributed by atoms with Crippen molar-refractivity contribution in [3.05, 3.63) is 30.3 Å². The van der Waals surface area contributed by atoms with Gasteiger partial charge in [-0.2, -0.15) is 4.98 Å². The van der Waals surface area contributed by atoms with Gasteiger partial charge in [-0.05, 0) is 18.1 Å². The van der Waals surface area contributed by atoms with Gasteiger partial charge in [0.05, 0.1) is 18.3 Å². The highest BCUT2D eigenvalue weighted by Crippen LogP contribution is 2.28. The zero-order valence-corrected chi connectivity index (χ0v) is 14.6. The van der Waals surface area contributed by atoms with Crippen LogP contribution in [-0.2, 0) is 0 Å². The Labute approximate surface area is 149 Å². The number of benzene rings is 1. The molecule has 1 atom stereocenters. The van der Waals surface area contributed by atoms with Crippen LogP contribution in [0.2, 0.25) is 0 Å². The summed E-state index contributed by atoms with van der Waals surface area (Å²) in [6.45, 7) is 3.78. The lowest BCUT2D eigenvalue weighted by atomic mass is 10.1. The van der Waals surface area contributed by atoms with E-state index in [1.807, 2.05) is 13.8 Å². The van der Waals surface area contributed by atoms with Gasteiger partial charge in [-0.1, -0.05) is 26.0 Å². The van der Waals surface area contributed by atoms with Crippen molar-refractivity contribution in [3.8, 4) is 17.0 Å². The molecule has 0 spiro atoms. The molecular formula is C17H21F3N4O2. The summed E-state index contributed by atoms with van der Waals surface area (Å²) in [5, 5.41) is 15.4. The fraction of sp³-hybridized carbons (Fsp3) is 0.412. The molecule has 0 fully saturated rings. The van der Waals surface area contributed by atoms with Crippen LogP contribution in [0.15, 0.2) is 30.3 Å². The maximum Gasteiger partial charge on any atom is 0.573 e. The van der Waals surface area contributed by atoms with E-state index in [2.05, 4.69) is 25.3 Å². The average molecular weight is 370 g/mol. The van der Waals surface area contributed by atoms with Crippen LogP contribution < -0.4 is 15.4 Å². The first-order valence-electron chi connectivity index (χ1n) is 8.02. The van der Waals surface area contributed by atoms with Gasteiger partial charge in [0.2, 0.25) is 5.95 Å². The van der Waals surface area contributed by atoms with Crippen molar-refractivity contribution in [2.24, 2.45) is 5.92 Å². The first-order chi connectivity index (χ1) is 12.2. The molecule has 6 nitrogen and oxygen atoms in total. The third kappa shape index (κ3) is 5.48. The monoisotopic (exact) mass is 370 g/mol. The highest BCUT2D eigenvalue weighted by Gasteiger charge is 2.31. The van der Waals surface area contributed by atoms with E-state index >= 15 is 0 Å². The number of ether oxygens (including phenoxy) is 1. The minimum Gasteiger partial charge on any atom is -0.406 e. The summed E-state index contributed by atoms with van der Waals surface area (Å²) in [5.41, 5.74) is 0.860. The molecule has 2 aromatic rings. The largest absolute Gasteiger partial charge is 0.573 e. The van der Waals surface area contributed by atoms with Crippen LogP contribution in [0.4, 0.5) is 24.9 Å². The van der Waals surface area contributed by atoms with Gasteiger partial charge in [0.15, 0.2) is 0 Å². The van der Waals surface area contributed by atoms with Crippen LogP contribution in [0.25, 0.3) is 11.3 Å². The lowest BCUT2D eigenvalue weighted by Crippen LogP contribution is -2.30. The van der Waals surface area contributed by atoms with E-state index < -0.39 is 6.36 Å². The summed E-state index contributed by atoms with van der Waals surface area (Å²) in [6.07, 6.45) is -4.77. The summed E-state index contributed by atoms with van der Waals surface area (Å²) < 4.78 is 41.2. The number of rotatable bonds is 7. The second kappa shape index (κ2) is 8.22. The SMILES string of the molecule is CNc1cc(-c2cccc(OC(F)(F)F)c2)nc(N[C@H](CO)C(C)C)n1. The van der Waals surface area contributed by atoms with E-state index in [-0.39, 0.29) is 30.3 Å². The zero-order valence-electron chi connectivity index (χ0n) is 14.6. The van der Waals surface area contributed by atoms with Gasteiger partial charge in [-0.25, -0.2) is 4.98 Å². The van der Waals surface area contributed by atoms with Crippen molar-refractivity contribution in [1.29, 1.82) is 0 Å². The summed E-state index contributed by atoms with van der Waals surface area (Å²) in [5.74, 6) is 0.556. The lowest BCUT2D eigenvalue weighted by molar-refractivity contribution is -0.274. The van der Waals surface area contributed by atoms with Crippen LogP contribution in [0.5, 0.6) is 5.75 Å². The summed E-state index contributed by atoms with van der Waals surface area (Å²) in [7, 11) is 1.67. The number of nitrogens with zero attached hydrogens (tertiary/aromatic N) is 2. The van der Waals surface area contributed by atoms with Gasteiger partial charge in [-0.3, -0.25) is 0 Å². The molecule has 0 radical (unpaired) electrons. The summed E-state index contributed by atoms with van der Waals surface area (Å²) in [6, 6.07) is 6.91. The summed E-state index contributed by atoms with van der Waals surface area (Å²) in [4.78, 5) is 8.62. The number of halogens is 3. The Kier molecular flexibility index (Phi) is 6.25. The number of anilines is 2. The number of hydrogen-bond donors (Lipinski definition) is 3. The van der Waals surface area contributed by atoms with Gasteiger partial charge in [0, 0.05) is 18.7 Å². The minimum absolute atomic E-state index is 0.102. The Bertz CT molecular complexity index is 738. The van der Waals surface area contributed by atoms with Gasteiger partial charge < -0.3 is 20.5 Å². The Balaban J connectivity index is 2.37. The highest BCUT2D eigenvalue weighted by molar-refractivity contribution is 5.65. The number of nitrogens with one attached hydrogen (secondary N) is 2. The molecule has 0 saturated carbocycles. The molecule has 1 aromatic carbocycles. The van der Waals surface area contributed by atoms with Crippen molar-refractivity contribution >= 4 is 11.8 Å². The maximum absolute atomic E-state index is 12.4. The van der Waals surface area contributed by atoms with Gasteiger partial charge in [0.1, 0.15) is 11.6 Å². The fourth-order valence-corrected chi connectivity index (χ4v) is 2.23. The Hall–Kier alpha value is -2.55. The molecule has 0 aliphatic carbocycles. The van der Waals surface area contributed by atoms with Crippen molar-refractivity contribution in [1.82, 2.24) is 9.97 Å². The molecule has 26 heavy (non-hydrogen) atoms. The first-order valence-corrected chi connectivity index (χ1v) is 8.02. The van der Waals surface area contributed by atoms with E-state index in [1.165, 1.54) is 18.2 Å². The third-order valence-corrected chi connectivity index (χ3v) is 3.66. The van der Waals surface area contributed by atoms with E-state index in [4.69, 9.17) is 0 Å². The summed E-state index contributed by atoms with van der Waals surface area (Å²) >= 11 is 0. The van der Waals surface area contributed by atoms with Crippen molar-refractivity contribution in [2.75, 3.05) is 24.3 Å². The van der Waals surface area contributed by atoms with Crippen LogP contribution in [0.3, 0.4) is 0 Å². The van der Waals surface area contributed by atoms with Crippen molar-refractivity contribution in [2.45, 2.75) is 26.3 Å².